The maximum absolute atomic E-state index is 13.3. The van der Waals surface area contributed by atoms with Crippen molar-refractivity contribution in [3.8, 4) is 0 Å². The van der Waals surface area contributed by atoms with E-state index < -0.39 is 86.8 Å². The van der Waals surface area contributed by atoms with E-state index in [2.05, 4.69) is 141 Å². The predicted octanol–water partition coefficient (Wildman–Crippen LogP) is 15.1. The van der Waals surface area contributed by atoms with Crippen LogP contribution in [0.15, 0.2) is 134 Å². The molecule has 2 saturated heterocycles. The zero-order valence-corrected chi connectivity index (χ0v) is 56.5. The normalized spacial score (nSPS) is 23.6. The molecule has 2 aliphatic heterocycles. The zero-order valence-electron chi connectivity index (χ0n) is 56.5. The Morgan fingerprint density at radius 3 is 1.16 bits per heavy atom. The Hall–Kier alpha value is -3.87. The number of hydrogen-bond acceptors (Lipinski definition) is 13. The number of aliphatic hydroxyl groups is 8. The van der Waals surface area contributed by atoms with E-state index in [9.17, 15) is 45.6 Å². The smallest absolute Gasteiger partial charge is 0.220 e. The number of carbonyl (C=O) groups is 1. The van der Waals surface area contributed by atoms with Crippen molar-refractivity contribution in [1.29, 1.82) is 0 Å². The first-order chi connectivity index (χ1) is 44.6. The number of nitrogens with one attached hydrogen (secondary N) is 1. The third-order valence-corrected chi connectivity index (χ3v) is 16.6. The van der Waals surface area contributed by atoms with Crippen LogP contribution in [-0.2, 0) is 23.7 Å². The Balaban J connectivity index is 1.70. The fourth-order valence-electron chi connectivity index (χ4n) is 10.9. The lowest BCUT2D eigenvalue weighted by Crippen LogP contribution is -2.65. The van der Waals surface area contributed by atoms with E-state index in [0.29, 0.717) is 6.42 Å². The minimum atomic E-state index is -1.80. The molecule has 14 nitrogen and oxygen atoms in total. The van der Waals surface area contributed by atoms with Crippen molar-refractivity contribution < 1.29 is 64.6 Å². The first-order valence-corrected chi connectivity index (χ1v) is 35.9. The van der Waals surface area contributed by atoms with E-state index in [-0.39, 0.29) is 18.9 Å². The van der Waals surface area contributed by atoms with Crippen molar-refractivity contribution in [3.63, 3.8) is 0 Å². The fraction of sp³-hybridized carbons (Fsp3) is 0.701. The van der Waals surface area contributed by atoms with Crippen LogP contribution < -0.4 is 5.32 Å². The van der Waals surface area contributed by atoms with E-state index in [1.165, 1.54) is 116 Å². The molecule has 0 aromatic rings. The lowest BCUT2D eigenvalue weighted by atomic mass is 9.97. The van der Waals surface area contributed by atoms with Crippen molar-refractivity contribution in [2.24, 2.45) is 0 Å². The lowest BCUT2D eigenvalue weighted by molar-refractivity contribution is -0.359. The van der Waals surface area contributed by atoms with Crippen LogP contribution in [0.5, 0.6) is 0 Å². The van der Waals surface area contributed by atoms with Crippen molar-refractivity contribution in [1.82, 2.24) is 5.32 Å². The van der Waals surface area contributed by atoms with Gasteiger partial charge < -0.3 is 65.1 Å². The minimum Gasteiger partial charge on any atom is -0.394 e. The Labute approximate surface area is 551 Å². The number of allylic oxidation sites excluding steroid dienone is 21. The molecule has 0 spiro atoms. The topological polar surface area (TPSA) is 228 Å². The van der Waals surface area contributed by atoms with Gasteiger partial charge in [0, 0.05) is 6.42 Å². The summed E-state index contributed by atoms with van der Waals surface area (Å²) >= 11 is 0. The largest absolute Gasteiger partial charge is 0.394 e. The Bertz CT molecular complexity index is 2040. The van der Waals surface area contributed by atoms with Crippen LogP contribution >= 0.6 is 0 Å². The van der Waals surface area contributed by atoms with Gasteiger partial charge in [0.25, 0.3) is 0 Å². The van der Waals surface area contributed by atoms with E-state index in [4.69, 9.17) is 18.9 Å². The molecule has 1 amide bonds. The molecular formula is C77H129NO13. The quantitative estimate of drug-likeness (QED) is 0.0204. The molecule has 0 saturated carbocycles. The summed E-state index contributed by atoms with van der Waals surface area (Å²) in [5.41, 5.74) is 0. The van der Waals surface area contributed by atoms with Crippen LogP contribution in [0.3, 0.4) is 0 Å². The molecule has 14 heteroatoms. The summed E-state index contributed by atoms with van der Waals surface area (Å²) < 4.78 is 22.8. The number of amides is 1. The summed E-state index contributed by atoms with van der Waals surface area (Å²) in [5.74, 6) is -0.267. The van der Waals surface area contributed by atoms with E-state index in [0.717, 1.165) is 109 Å². The summed E-state index contributed by atoms with van der Waals surface area (Å²) in [7, 11) is 0. The lowest BCUT2D eigenvalue weighted by Gasteiger charge is -2.46. The third kappa shape index (κ3) is 43.7. The maximum Gasteiger partial charge on any atom is 0.220 e. The number of carbonyl (C=O) groups excluding carboxylic acids is 1. The summed E-state index contributed by atoms with van der Waals surface area (Å²) in [6.45, 7) is 2.68. The van der Waals surface area contributed by atoms with E-state index in [1.807, 2.05) is 6.08 Å². The summed E-state index contributed by atoms with van der Waals surface area (Å²) in [5, 5.41) is 87.5. The minimum absolute atomic E-state index is 0.243. The number of ether oxygens (including phenoxy) is 4. The Morgan fingerprint density at radius 2 is 0.758 bits per heavy atom. The SMILES string of the molecule is CC/C=C\C/C=C\C/C=C\C/C=C\C/C=C\C/C=C\C/C=C\C/C=C\C/C=C\C/C=C\CCCCCCC(=O)NC(COC1OC(CO)C(OC2OC(CO)C(O)C(O)C2O)C(O)C1O)C(O)/C=C/CCCCCCCCCCCCCCCCCCCCCC. The zero-order chi connectivity index (χ0) is 65.9. The average molecular weight is 1280 g/mol. The van der Waals surface area contributed by atoms with Gasteiger partial charge in [-0.1, -0.05) is 282 Å². The number of hydrogen-bond donors (Lipinski definition) is 9. The summed E-state index contributed by atoms with van der Waals surface area (Å²) in [6, 6.07) is -0.940. The highest BCUT2D eigenvalue weighted by Gasteiger charge is 2.51. The molecule has 0 aromatic carbocycles. The van der Waals surface area contributed by atoms with Crippen LogP contribution in [0, 0.1) is 0 Å². The molecule has 2 fully saturated rings. The summed E-state index contributed by atoms with van der Waals surface area (Å²) in [4.78, 5) is 13.3. The first kappa shape index (κ1) is 83.2. The molecule has 0 aliphatic carbocycles. The molecule has 2 heterocycles. The molecule has 91 heavy (non-hydrogen) atoms. The molecule has 2 rings (SSSR count). The molecule has 12 atom stereocenters. The highest BCUT2D eigenvalue weighted by atomic mass is 16.7. The molecule has 0 bridgehead atoms. The number of rotatable bonds is 57. The molecule has 2 aliphatic rings. The maximum atomic E-state index is 13.3. The van der Waals surface area contributed by atoms with Crippen LogP contribution in [-0.4, -0.2) is 140 Å². The van der Waals surface area contributed by atoms with Gasteiger partial charge >= 0.3 is 0 Å². The van der Waals surface area contributed by atoms with Crippen LogP contribution in [0.2, 0.25) is 0 Å². The highest BCUT2D eigenvalue weighted by Crippen LogP contribution is 2.30. The molecule has 12 unspecified atom stereocenters. The van der Waals surface area contributed by atoms with Gasteiger partial charge in [-0.3, -0.25) is 4.79 Å². The van der Waals surface area contributed by atoms with Crippen molar-refractivity contribution in [2.75, 3.05) is 19.8 Å². The van der Waals surface area contributed by atoms with Crippen LogP contribution in [0.1, 0.15) is 251 Å². The second-order valence-corrected chi connectivity index (χ2v) is 24.6. The molecule has 0 aromatic heterocycles. The third-order valence-electron chi connectivity index (χ3n) is 16.6. The van der Waals surface area contributed by atoms with Gasteiger partial charge in [0.05, 0.1) is 32.0 Å². The van der Waals surface area contributed by atoms with Crippen molar-refractivity contribution in [2.45, 2.75) is 325 Å². The van der Waals surface area contributed by atoms with E-state index >= 15 is 0 Å². The number of unbranched alkanes of at least 4 members (excludes halogenated alkanes) is 24. The van der Waals surface area contributed by atoms with Gasteiger partial charge in [-0.15, -0.1) is 0 Å². The second-order valence-electron chi connectivity index (χ2n) is 24.6. The predicted molar refractivity (Wildman–Crippen MR) is 373 cm³/mol. The van der Waals surface area contributed by atoms with Gasteiger partial charge in [-0.2, -0.15) is 0 Å². The van der Waals surface area contributed by atoms with E-state index in [1.54, 1.807) is 6.08 Å². The highest BCUT2D eigenvalue weighted by molar-refractivity contribution is 5.76. The van der Waals surface area contributed by atoms with Crippen LogP contribution in [0.25, 0.3) is 0 Å². The second kappa shape index (κ2) is 59.8. The monoisotopic (exact) mass is 1280 g/mol. The summed E-state index contributed by atoms with van der Waals surface area (Å²) in [6.07, 6.45) is 72.1. The van der Waals surface area contributed by atoms with Crippen LogP contribution in [0.4, 0.5) is 0 Å². The fourth-order valence-corrected chi connectivity index (χ4v) is 10.9. The Kier molecular flexibility index (Phi) is 54.7. The van der Waals surface area contributed by atoms with Gasteiger partial charge in [-0.05, 0) is 96.3 Å². The van der Waals surface area contributed by atoms with Gasteiger partial charge in [-0.25, -0.2) is 0 Å². The first-order valence-electron chi connectivity index (χ1n) is 35.9. The van der Waals surface area contributed by atoms with Gasteiger partial charge in [0.1, 0.15) is 48.8 Å². The molecule has 9 N–H and O–H groups in total. The average Bonchev–Trinajstić information content (AvgIpc) is 0.888. The Morgan fingerprint density at radius 1 is 0.407 bits per heavy atom. The van der Waals surface area contributed by atoms with Gasteiger partial charge in [0.2, 0.25) is 5.91 Å². The molecule has 0 radical (unpaired) electrons. The van der Waals surface area contributed by atoms with Crippen molar-refractivity contribution in [3.05, 3.63) is 134 Å². The molecular weight excluding hydrogens is 1150 g/mol. The van der Waals surface area contributed by atoms with Gasteiger partial charge in [0.15, 0.2) is 12.6 Å². The standard InChI is InChI=1S/C77H129NO13/c1-3-5-7-9-11-13-15-17-19-21-23-25-27-28-29-30-31-32-33-34-35-36-37-38-39-41-43-45-47-49-51-53-55-57-59-61-69(82)78-65(64-88-76-74(87)72(85)75(68(63-80)90-76)91-77-73(86)71(84)70(83)67(62-79)89-77)66(81)60-58-56-54-52-50-48-46-44-42-40-26-24-22-20-18-16-14-12-10-8-6-4-2/h5,7,11,13,17,19,23,25,28-29,31-32,34-35,37-38,41,43,47,49,58,60,65-68,70-77,79-81,83-87H,3-4,6,8-10,12,14-16,18,20-22,24,26-27,30,33,36,39-40,42,44-46,48,50-57,59,61-64H2,1-2H3,(H,78,82)/b7-5-,13-11-,19-17-,25-23-,29-28-,32-31-,35-34-,38-37-,43-41-,49-47-,60-58+. The van der Waals surface area contributed by atoms with Crippen molar-refractivity contribution >= 4 is 5.91 Å². The molecule has 520 valence electrons. The number of aliphatic hydroxyl groups excluding tert-OH is 8.